The maximum absolute atomic E-state index is 4.40. The van der Waals surface area contributed by atoms with Crippen LogP contribution in [0.1, 0.15) is 33.6 Å². The van der Waals surface area contributed by atoms with Gasteiger partial charge in [0.25, 0.3) is 0 Å². The van der Waals surface area contributed by atoms with Gasteiger partial charge in [-0.25, -0.2) is 9.97 Å². The molecule has 2 heterocycles. The Hall–Kier alpha value is -1.58. The van der Waals surface area contributed by atoms with Gasteiger partial charge in [-0.1, -0.05) is 13.3 Å². The van der Waals surface area contributed by atoms with E-state index in [0.29, 0.717) is 0 Å². The van der Waals surface area contributed by atoms with Crippen LogP contribution in [-0.2, 0) is 7.05 Å². The Balaban J connectivity index is 2.36. The number of anilines is 1. The van der Waals surface area contributed by atoms with Crippen molar-refractivity contribution in [3.63, 3.8) is 0 Å². The summed E-state index contributed by atoms with van der Waals surface area (Å²) in [7, 11) is 2.00. The van der Waals surface area contributed by atoms with Crippen LogP contribution in [0.3, 0.4) is 0 Å². The van der Waals surface area contributed by atoms with Crippen LogP contribution in [0.2, 0.25) is 0 Å². The summed E-state index contributed by atoms with van der Waals surface area (Å²) < 4.78 is 2.01. The average molecular weight is 232 g/mol. The SMILES string of the molecule is CCCC(C)(C)Nc1nccc2c1ncn2C. The molecule has 4 heteroatoms. The molecule has 0 amide bonds. The molecule has 2 aromatic rings. The summed E-state index contributed by atoms with van der Waals surface area (Å²) in [6, 6.07) is 1.99. The van der Waals surface area contributed by atoms with Crippen LogP contribution >= 0.6 is 0 Å². The van der Waals surface area contributed by atoms with Gasteiger partial charge in [0.05, 0.1) is 11.8 Å². The molecule has 92 valence electrons. The second-order valence-electron chi connectivity index (χ2n) is 5.14. The van der Waals surface area contributed by atoms with Gasteiger partial charge in [0.15, 0.2) is 5.82 Å². The molecule has 0 aliphatic carbocycles. The summed E-state index contributed by atoms with van der Waals surface area (Å²) >= 11 is 0. The highest BCUT2D eigenvalue weighted by atomic mass is 15.1. The molecular weight excluding hydrogens is 212 g/mol. The molecule has 0 atom stereocenters. The van der Waals surface area contributed by atoms with Crippen LogP contribution in [0.25, 0.3) is 11.0 Å². The van der Waals surface area contributed by atoms with E-state index in [-0.39, 0.29) is 5.54 Å². The van der Waals surface area contributed by atoms with Gasteiger partial charge in [-0.3, -0.25) is 0 Å². The number of rotatable bonds is 4. The quantitative estimate of drug-likeness (QED) is 0.881. The largest absolute Gasteiger partial charge is 0.363 e. The van der Waals surface area contributed by atoms with E-state index in [1.807, 2.05) is 30.2 Å². The summed E-state index contributed by atoms with van der Waals surface area (Å²) in [5, 5.41) is 3.49. The predicted molar refractivity (Wildman–Crippen MR) is 71.1 cm³/mol. The Morgan fingerprint density at radius 3 is 2.82 bits per heavy atom. The van der Waals surface area contributed by atoms with E-state index in [9.17, 15) is 0 Å². The Morgan fingerprint density at radius 2 is 2.12 bits per heavy atom. The minimum absolute atomic E-state index is 0.0492. The molecule has 17 heavy (non-hydrogen) atoms. The normalized spacial score (nSPS) is 12.0. The number of hydrogen-bond acceptors (Lipinski definition) is 3. The molecule has 0 unspecified atom stereocenters. The molecule has 0 aromatic carbocycles. The molecule has 1 N–H and O–H groups in total. The fourth-order valence-corrected chi connectivity index (χ4v) is 2.16. The first kappa shape index (κ1) is 11.9. The van der Waals surface area contributed by atoms with E-state index in [0.717, 1.165) is 29.7 Å². The monoisotopic (exact) mass is 232 g/mol. The molecule has 0 fully saturated rings. The summed E-state index contributed by atoms with van der Waals surface area (Å²) in [6.45, 7) is 6.58. The molecule has 0 saturated carbocycles. The van der Waals surface area contributed by atoms with Gasteiger partial charge in [0.2, 0.25) is 0 Å². The van der Waals surface area contributed by atoms with E-state index in [2.05, 4.69) is 36.1 Å². The van der Waals surface area contributed by atoms with Gasteiger partial charge >= 0.3 is 0 Å². The van der Waals surface area contributed by atoms with Crippen molar-refractivity contribution in [2.45, 2.75) is 39.2 Å². The van der Waals surface area contributed by atoms with Crippen LogP contribution in [0.5, 0.6) is 0 Å². The fraction of sp³-hybridized carbons (Fsp3) is 0.538. The smallest absolute Gasteiger partial charge is 0.154 e. The van der Waals surface area contributed by atoms with Gasteiger partial charge in [-0.15, -0.1) is 0 Å². The number of hydrogen-bond donors (Lipinski definition) is 1. The minimum atomic E-state index is 0.0492. The summed E-state index contributed by atoms with van der Waals surface area (Å²) in [4.78, 5) is 8.80. The zero-order valence-corrected chi connectivity index (χ0v) is 11.0. The molecule has 0 radical (unpaired) electrons. The molecule has 0 aliphatic rings. The molecule has 2 rings (SSSR count). The Labute approximate surface area is 102 Å². The number of pyridine rings is 1. The van der Waals surface area contributed by atoms with Gasteiger partial charge in [0.1, 0.15) is 5.52 Å². The molecule has 4 nitrogen and oxygen atoms in total. The van der Waals surface area contributed by atoms with E-state index < -0.39 is 0 Å². The number of aryl methyl sites for hydroxylation is 1. The van der Waals surface area contributed by atoms with Gasteiger partial charge in [-0.05, 0) is 26.3 Å². The second kappa shape index (κ2) is 4.35. The summed E-state index contributed by atoms with van der Waals surface area (Å²) in [5.41, 5.74) is 2.10. The van der Waals surface area contributed by atoms with Crippen LogP contribution < -0.4 is 5.32 Å². The van der Waals surface area contributed by atoms with Crippen molar-refractivity contribution in [3.05, 3.63) is 18.6 Å². The predicted octanol–water partition coefficient (Wildman–Crippen LogP) is 2.96. The number of imidazole rings is 1. The lowest BCUT2D eigenvalue weighted by atomic mass is 9.99. The molecule has 2 aromatic heterocycles. The molecule has 0 saturated heterocycles. The highest BCUT2D eigenvalue weighted by Gasteiger charge is 2.18. The van der Waals surface area contributed by atoms with Crippen LogP contribution in [0.4, 0.5) is 5.82 Å². The molecule has 0 aliphatic heterocycles. The standard InChI is InChI=1S/C13H20N4/c1-5-7-13(2,3)16-12-11-10(6-8-14-12)17(4)9-15-11/h6,8-9H,5,7H2,1-4H3,(H,14,16). The van der Waals surface area contributed by atoms with Crippen molar-refractivity contribution >= 4 is 16.9 Å². The van der Waals surface area contributed by atoms with Crippen LogP contribution in [0, 0.1) is 0 Å². The minimum Gasteiger partial charge on any atom is -0.363 e. The number of fused-ring (bicyclic) bond motifs is 1. The van der Waals surface area contributed by atoms with Crippen molar-refractivity contribution in [1.29, 1.82) is 0 Å². The van der Waals surface area contributed by atoms with Crippen molar-refractivity contribution in [3.8, 4) is 0 Å². The fourth-order valence-electron chi connectivity index (χ4n) is 2.16. The highest BCUT2D eigenvalue weighted by Crippen LogP contribution is 2.23. The van der Waals surface area contributed by atoms with E-state index >= 15 is 0 Å². The zero-order chi connectivity index (χ0) is 12.5. The number of nitrogens with one attached hydrogen (secondary N) is 1. The van der Waals surface area contributed by atoms with Crippen molar-refractivity contribution in [2.75, 3.05) is 5.32 Å². The highest BCUT2D eigenvalue weighted by molar-refractivity contribution is 5.85. The van der Waals surface area contributed by atoms with Crippen LogP contribution in [0.15, 0.2) is 18.6 Å². The first-order valence-electron chi connectivity index (χ1n) is 6.08. The lowest BCUT2D eigenvalue weighted by Gasteiger charge is -2.26. The lowest BCUT2D eigenvalue weighted by molar-refractivity contribution is 0.509. The van der Waals surface area contributed by atoms with Crippen LogP contribution in [-0.4, -0.2) is 20.1 Å². The Morgan fingerprint density at radius 1 is 1.35 bits per heavy atom. The number of aromatic nitrogens is 3. The van der Waals surface area contributed by atoms with Gasteiger partial charge in [-0.2, -0.15) is 0 Å². The topological polar surface area (TPSA) is 42.7 Å². The third-order valence-corrected chi connectivity index (χ3v) is 2.97. The van der Waals surface area contributed by atoms with Gasteiger partial charge < -0.3 is 9.88 Å². The first-order chi connectivity index (χ1) is 8.03. The Bertz CT molecular complexity index is 513. The zero-order valence-electron chi connectivity index (χ0n) is 11.0. The second-order valence-corrected chi connectivity index (χ2v) is 5.14. The van der Waals surface area contributed by atoms with E-state index in [1.165, 1.54) is 0 Å². The van der Waals surface area contributed by atoms with E-state index in [4.69, 9.17) is 0 Å². The number of nitrogens with zero attached hydrogens (tertiary/aromatic N) is 3. The lowest BCUT2D eigenvalue weighted by Crippen LogP contribution is -2.31. The third-order valence-electron chi connectivity index (χ3n) is 2.97. The van der Waals surface area contributed by atoms with Gasteiger partial charge in [0, 0.05) is 18.8 Å². The molecule has 0 spiro atoms. The van der Waals surface area contributed by atoms with Crippen molar-refractivity contribution in [2.24, 2.45) is 7.05 Å². The van der Waals surface area contributed by atoms with E-state index in [1.54, 1.807) is 0 Å². The Kier molecular flexibility index (Phi) is 3.05. The third kappa shape index (κ3) is 2.40. The summed E-state index contributed by atoms with van der Waals surface area (Å²) in [5.74, 6) is 0.876. The van der Waals surface area contributed by atoms with Crippen molar-refractivity contribution < 1.29 is 0 Å². The molecule has 0 bridgehead atoms. The summed E-state index contributed by atoms with van der Waals surface area (Å²) in [6.07, 6.45) is 5.91. The first-order valence-corrected chi connectivity index (χ1v) is 6.08. The maximum Gasteiger partial charge on any atom is 0.154 e. The maximum atomic E-state index is 4.40. The molecular formula is C13H20N4. The van der Waals surface area contributed by atoms with Crippen molar-refractivity contribution in [1.82, 2.24) is 14.5 Å². The average Bonchev–Trinajstić information content (AvgIpc) is 2.61.